The number of halogens is 3. The van der Waals surface area contributed by atoms with Crippen LogP contribution in [0.1, 0.15) is 6.92 Å². The third-order valence-corrected chi connectivity index (χ3v) is 2.34. The van der Waals surface area contributed by atoms with Crippen molar-refractivity contribution in [3.05, 3.63) is 24.3 Å². The molecule has 1 aromatic carbocycles. The van der Waals surface area contributed by atoms with Gasteiger partial charge in [0.2, 0.25) is 0 Å². The molecule has 0 saturated carbocycles. The van der Waals surface area contributed by atoms with Gasteiger partial charge in [0, 0.05) is 24.9 Å². The predicted octanol–water partition coefficient (Wildman–Crippen LogP) is 2.91. The van der Waals surface area contributed by atoms with E-state index in [0.29, 0.717) is 17.4 Å². The summed E-state index contributed by atoms with van der Waals surface area (Å²) < 4.78 is 45.0. The van der Waals surface area contributed by atoms with Gasteiger partial charge in [-0.3, -0.25) is 0 Å². The van der Waals surface area contributed by atoms with Crippen LogP contribution >= 0.6 is 12.2 Å². The monoisotopic (exact) mass is 308 g/mol. The quantitative estimate of drug-likeness (QED) is 0.819. The predicted molar refractivity (Wildman–Crippen MR) is 73.8 cm³/mol. The zero-order valence-corrected chi connectivity index (χ0v) is 11.8. The molecule has 1 rings (SSSR count). The van der Waals surface area contributed by atoms with Gasteiger partial charge in [0.05, 0.1) is 6.61 Å². The van der Waals surface area contributed by atoms with Crippen molar-refractivity contribution in [3.8, 4) is 5.75 Å². The van der Waals surface area contributed by atoms with E-state index in [1.165, 1.54) is 18.2 Å². The van der Waals surface area contributed by atoms with Crippen molar-refractivity contribution in [1.29, 1.82) is 0 Å². The van der Waals surface area contributed by atoms with Crippen molar-refractivity contribution >= 4 is 23.0 Å². The van der Waals surface area contributed by atoms with Gasteiger partial charge >= 0.3 is 6.36 Å². The highest BCUT2D eigenvalue weighted by atomic mass is 32.1. The number of hydrogen-bond donors (Lipinski definition) is 2. The number of nitrogens with one attached hydrogen (secondary N) is 2. The SMILES string of the molecule is COCC(C)NC(=S)Nc1cccc(OC(F)(F)F)c1. The van der Waals surface area contributed by atoms with Gasteiger partial charge in [-0.05, 0) is 31.3 Å². The second kappa shape index (κ2) is 7.30. The summed E-state index contributed by atoms with van der Waals surface area (Å²) in [5, 5.41) is 5.99. The van der Waals surface area contributed by atoms with Gasteiger partial charge in [-0.2, -0.15) is 0 Å². The third-order valence-electron chi connectivity index (χ3n) is 2.12. The van der Waals surface area contributed by atoms with Crippen molar-refractivity contribution < 1.29 is 22.6 Å². The van der Waals surface area contributed by atoms with Gasteiger partial charge in [-0.15, -0.1) is 13.2 Å². The molecule has 112 valence electrons. The molecule has 8 heteroatoms. The van der Waals surface area contributed by atoms with Gasteiger partial charge in [0.15, 0.2) is 5.11 Å². The highest BCUT2D eigenvalue weighted by Gasteiger charge is 2.31. The molecule has 4 nitrogen and oxygen atoms in total. The number of thiocarbonyl (C=S) groups is 1. The fourth-order valence-electron chi connectivity index (χ4n) is 1.45. The van der Waals surface area contributed by atoms with Crippen LogP contribution in [0, 0.1) is 0 Å². The van der Waals surface area contributed by atoms with Crippen molar-refractivity contribution in [3.63, 3.8) is 0 Å². The zero-order valence-electron chi connectivity index (χ0n) is 11.0. The van der Waals surface area contributed by atoms with Gasteiger partial charge < -0.3 is 20.1 Å². The summed E-state index contributed by atoms with van der Waals surface area (Å²) >= 11 is 5.04. The maximum atomic E-state index is 12.1. The minimum absolute atomic E-state index is 0.0189. The Hall–Kier alpha value is -1.54. The maximum Gasteiger partial charge on any atom is 0.573 e. The average Bonchev–Trinajstić information content (AvgIpc) is 2.26. The average molecular weight is 308 g/mol. The number of hydrogen-bond acceptors (Lipinski definition) is 3. The number of alkyl halides is 3. The molecule has 0 fully saturated rings. The van der Waals surface area contributed by atoms with Crippen LogP contribution in [0.15, 0.2) is 24.3 Å². The van der Waals surface area contributed by atoms with Crippen LogP contribution < -0.4 is 15.4 Å². The molecule has 20 heavy (non-hydrogen) atoms. The number of benzene rings is 1. The first-order valence-corrected chi connectivity index (χ1v) is 6.13. The topological polar surface area (TPSA) is 42.5 Å². The van der Waals surface area contributed by atoms with Gasteiger partial charge in [0.1, 0.15) is 5.75 Å². The van der Waals surface area contributed by atoms with Crippen LogP contribution in [0.4, 0.5) is 18.9 Å². The van der Waals surface area contributed by atoms with Crippen LogP contribution in [0.2, 0.25) is 0 Å². The van der Waals surface area contributed by atoms with E-state index < -0.39 is 6.36 Å². The Morgan fingerprint density at radius 3 is 2.70 bits per heavy atom. The van der Waals surface area contributed by atoms with Crippen LogP contribution in [0.3, 0.4) is 0 Å². The van der Waals surface area contributed by atoms with Crippen molar-refractivity contribution in [1.82, 2.24) is 5.32 Å². The summed E-state index contributed by atoms with van der Waals surface area (Å²) in [5.74, 6) is -0.310. The van der Waals surface area contributed by atoms with Crippen LogP contribution in [0.25, 0.3) is 0 Å². The molecule has 0 aliphatic heterocycles. The number of ether oxygens (including phenoxy) is 2. The number of anilines is 1. The van der Waals surface area contributed by atoms with Gasteiger partial charge in [-0.25, -0.2) is 0 Å². The first-order chi connectivity index (χ1) is 9.30. The lowest BCUT2D eigenvalue weighted by Crippen LogP contribution is -2.38. The lowest BCUT2D eigenvalue weighted by Gasteiger charge is -2.16. The molecule has 1 atom stereocenters. The van der Waals surface area contributed by atoms with E-state index in [9.17, 15) is 13.2 Å². The van der Waals surface area contributed by atoms with Crippen molar-refractivity contribution in [2.75, 3.05) is 19.0 Å². The Bertz CT molecular complexity index is 455. The van der Waals surface area contributed by atoms with E-state index in [0.717, 1.165) is 0 Å². The van der Waals surface area contributed by atoms with E-state index in [4.69, 9.17) is 17.0 Å². The normalized spacial score (nSPS) is 12.7. The zero-order chi connectivity index (χ0) is 15.2. The standard InChI is InChI=1S/C12H15F3N2O2S/c1-8(7-18-2)16-11(20)17-9-4-3-5-10(6-9)19-12(13,14)15/h3-6,8H,7H2,1-2H3,(H2,16,17,20). The summed E-state index contributed by atoms with van der Waals surface area (Å²) in [5.41, 5.74) is 0.397. The second-order valence-electron chi connectivity index (χ2n) is 4.03. The summed E-state index contributed by atoms with van der Waals surface area (Å²) in [6, 6.07) is 5.42. The largest absolute Gasteiger partial charge is 0.573 e. The smallest absolute Gasteiger partial charge is 0.406 e. The molecule has 0 spiro atoms. The Balaban J connectivity index is 2.60. The fraction of sp³-hybridized carbons (Fsp3) is 0.417. The Morgan fingerprint density at radius 2 is 2.10 bits per heavy atom. The van der Waals surface area contributed by atoms with Gasteiger partial charge in [0.25, 0.3) is 0 Å². The molecule has 0 heterocycles. The minimum Gasteiger partial charge on any atom is -0.406 e. The molecule has 1 aromatic rings. The minimum atomic E-state index is -4.72. The van der Waals surface area contributed by atoms with E-state index in [1.54, 1.807) is 13.2 Å². The van der Waals surface area contributed by atoms with Crippen molar-refractivity contribution in [2.45, 2.75) is 19.3 Å². The summed E-state index contributed by atoms with van der Waals surface area (Å²) in [6.45, 7) is 2.32. The highest BCUT2D eigenvalue weighted by Crippen LogP contribution is 2.24. The molecule has 0 bridgehead atoms. The number of methoxy groups -OCH3 is 1. The third kappa shape index (κ3) is 6.58. The summed E-state index contributed by atoms with van der Waals surface area (Å²) in [4.78, 5) is 0. The Morgan fingerprint density at radius 1 is 1.40 bits per heavy atom. The van der Waals surface area contributed by atoms with Crippen LogP contribution in [-0.4, -0.2) is 31.2 Å². The maximum absolute atomic E-state index is 12.1. The molecule has 1 unspecified atom stereocenters. The first kappa shape index (κ1) is 16.5. The van der Waals surface area contributed by atoms with E-state index in [2.05, 4.69) is 15.4 Å². The van der Waals surface area contributed by atoms with Gasteiger partial charge in [-0.1, -0.05) is 6.07 Å². The van der Waals surface area contributed by atoms with E-state index in [1.807, 2.05) is 6.92 Å². The first-order valence-electron chi connectivity index (χ1n) is 5.72. The van der Waals surface area contributed by atoms with Crippen LogP contribution in [0.5, 0.6) is 5.75 Å². The van der Waals surface area contributed by atoms with Crippen molar-refractivity contribution in [2.24, 2.45) is 0 Å². The highest BCUT2D eigenvalue weighted by molar-refractivity contribution is 7.80. The lowest BCUT2D eigenvalue weighted by atomic mass is 10.3. The van der Waals surface area contributed by atoms with Crippen LogP contribution in [-0.2, 0) is 4.74 Å². The summed E-state index contributed by atoms with van der Waals surface area (Å²) in [6.07, 6.45) is -4.72. The van der Waals surface area contributed by atoms with E-state index in [-0.39, 0.29) is 11.8 Å². The fourth-order valence-corrected chi connectivity index (χ4v) is 1.77. The Labute approximate surface area is 120 Å². The molecule has 0 aromatic heterocycles. The molecular formula is C12H15F3N2O2S. The molecule has 0 saturated heterocycles. The molecule has 0 aliphatic rings. The Kier molecular flexibility index (Phi) is 6.03. The lowest BCUT2D eigenvalue weighted by molar-refractivity contribution is -0.274. The summed E-state index contributed by atoms with van der Waals surface area (Å²) in [7, 11) is 1.56. The molecule has 2 N–H and O–H groups in total. The molecule has 0 amide bonds. The second-order valence-corrected chi connectivity index (χ2v) is 4.44. The molecule has 0 aliphatic carbocycles. The molecule has 0 radical (unpaired) electrons. The van der Waals surface area contributed by atoms with E-state index >= 15 is 0 Å². The molecular weight excluding hydrogens is 293 g/mol. The number of rotatable bonds is 5.